The molecule has 0 fully saturated rings. The molecular formula is C16H18BrFN2. The van der Waals surface area contributed by atoms with Crippen LogP contribution in [0.1, 0.15) is 36.1 Å². The molecule has 0 spiro atoms. The molecule has 2 rings (SSSR count). The van der Waals surface area contributed by atoms with Gasteiger partial charge in [-0.3, -0.25) is 4.98 Å². The van der Waals surface area contributed by atoms with Crippen LogP contribution in [0.25, 0.3) is 0 Å². The van der Waals surface area contributed by atoms with E-state index in [-0.39, 0.29) is 11.9 Å². The Morgan fingerprint density at radius 3 is 2.80 bits per heavy atom. The van der Waals surface area contributed by atoms with Crippen molar-refractivity contribution in [3.63, 3.8) is 0 Å². The molecule has 2 nitrogen and oxygen atoms in total. The largest absolute Gasteiger partial charge is 0.306 e. The van der Waals surface area contributed by atoms with Gasteiger partial charge in [0.15, 0.2) is 0 Å². The van der Waals surface area contributed by atoms with Crippen molar-refractivity contribution in [3.8, 4) is 0 Å². The smallest absolute Gasteiger partial charge is 0.146 e. The number of hydrogen-bond acceptors (Lipinski definition) is 2. The molecule has 0 aliphatic heterocycles. The summed E-state index contributed by atoms with van der Waals surface area (Å²) < 4.78 is 15.1. The number of pyridine rings is 1. The van der Waals surface area contributed by atoms with Crippen molar-refractivity contribution in [2.24, 2.45) is 0 Å². The van der Waals surface area contributed by atoms with Gasteiger partial charge in [0.2, 0.25) is 0 Å². The molecule has 106 valence electrons. The highest BCUT2D eigenvalue weighted by Crippen LogP contribution is 2.31. The maximum Gasteiger partial charge on any atom is 0.146 e. The Morgan fingerprint density at radius 2 is 2.10 bits per heavy atom. The van der Waals surface area contributed by atoms with Gasteiger partial charge in [0.25, 0.3) is 0 Å². The zero-order valence-corrected chi connectivity index (χ0v) is 13.2. The lowest BCUT2D eigenvalue weighted by Gasteiger charge is -2.22. The fourth-order valence-electron chi connectivity index (χ4n) is 2.19. The molecular weight excluding hydrogens is 319 g/mol. The lowest BCUT2D eigenvalue weighted by atomic mass is 9.97. The molecule has 0 saturated heterocycles. The summed E-state index contributed by atoms with van der Waals surface area (Å²) in [5, 5.41) is 3.41. The standard InChI is InChI=1S/C16H18BrFN2/c1-3-8-20-16(12-7-9-19-10-14(12)18)13-6-4-5-11(2)15(13)17/h4-7,9-10,16,20H,3,8H2,1-2H3. The summed E-state index contributed by atoms with van der Waals surface area (Å²) in [6, 6.07) is 7.61. The van der Waals surface area contributed by atoms with Crippen LogP contribution < -0.4 is 5.32 Å². The minimum atomic E-state index is -0.283. The van der Waals surface area contributed by atoms with Crippen LogP contribution in [0.2, 0.25) is 0 Å². The number of hydrogen-bond donors (Lipinski definition) is 1. The molecule has 1 unspecified atom stereocenters. The highest BCUT2D eigenvalue weighted by atomic mass is 79.9. The molecule has 0 amide bonds. The zero-order chi connectivity index (χ0) is 14.5. The van der Waals surface area contributed by atoms with Crippen LogP contribution in [0.5, 0.6) is 0 Å². The SMILES string of the molecule is CCCNC(c1ccncc1F)c1cccc(C)c1Br. The highest BCUT2D eigenvalue weighted by Gasteiger charge is 2.20. The normalized spacial score (nSPS) is 12.4. The van der Waals surface area contributed by atoms with Crippen molar-refractivity contribution >= 4 is 15.9 Å². The lowest BCUT2D eigenvalue weighted by Crippen LogP contribution is -2.24. The highest BCUT2D eigenvalue weighted by molar-refractivity contribution is 9.10. The molecule has 1 N–H and O–H groups in total. The van der Waals surface area contributed by atoms with Gasteiger partial charge in [-0.05, 0) is 37.1 Å². The number of aromatic nitrogens is 1. The monoisotopic (exact) mass is 336 g/mol. The first kappa shape index (κ1) is 15.1. The molecule has 1 atom stereocenters. The number of benzene rings is 1. The number of rotatable bonds is 5. The average molecular weight is 337 g/mol. The molecule has 1 aromatic heterocycles. The van der Waals surface area contributed by atoms with Crippen molar-refractivity contribution in [3.05, 3.63) is 63.6 Å². The Bertz CT molecular complexity index is 586. The quantitative estimate of drug-likeness (QED) is 0.876. The molecule has 1 heterocycles. The summed E-state index contributed by atoms with van der Waals surface area (Å²) in [4.78, 5) is 3.83. The fraction of sp³-hybridized carbons (Fsp3) is 0.312. The Hall–Kier alpha value is -1.26. The Kier molecular flexibility index (Phi) is 5.26. The first-order valence-electron chi connectivity index (χ1n) is 6.73. The minimum absolute atomic E-state index is 0.174. The number of halogens is 2. The lowest BCUT2D eigenvalue weighted by molar-refractivity contribution is 0.542. The van der Waals surface area contributed by atoms with Gasteiger partial charge in [-0.1, -0.05) is 41.1 Å². The van der Waals surface area contributed by atoms with Crippen molar-refractivity contribution < 1.29 is 4.39 Å². The van der Waals surface area contributed by atoms with Crippen molar-refractivity contribution in [2.45, 2.75) is 26.3 Å². The first-order valence-corrected chi connectivity index (χ1v) is 7.52. The van der Waals surface area contributed by atoms with E-state index in [9.17, 15) is 4.39 Å². The zero-order valence-electron chi connectivity index (χ0n) is 11.7. The molecule has 20 heavy (non-hydrogen) atoms. The van der Waals surface area contributed by atoms with Gasteiger partial charge in [-0.15, -0.1) is 0 Å². The second-order valence-corrected chi connectivity index (χ2v) is 5.56. The van der Waals surface area contributed by atoms with E-state index in [1.54, 1.807) is 12.3 Å². The van der Waals surface area contributed by atoms with E-state index < -0.39 is 0 Å². The van der Waals surface area contributed by atoms with Crippen LogP contribution in [0.3, 0.4) is 0 Å². The first-order chi connectivity index (χ1) is 9.65. The summed E-state index contributed by atoms with van der Waals surface area (Å²) >= 11 is 3.62. The van der Waals surface area contributed by atoms with E-state index in [1.807, 2.05) is 25.1 Å². The number of aryl methyl sites for hydroxylation is 1. The Morgan fingerprint density at radius 1 is 1.30 bits per heavy atom. The summed E-state index contributed by atoms with van der Waals surface area (Å²) in [6.45, 7) is 4.96. The van der Waals surface area contributed by atoms with E-state index in [1.165, 1.54) is 6.20 Å². The Balaban J connectivity index is 2.47. The van der Waals surface area contributed by atoms with E-state index >= 15 is 0 Å². The summed E-state index contributed by atoms with van der Waals surface area (Å²) in [6.07, 6.45) is 3.88. The van der Waals surface area contributed by atoms with Crippen LogP contribution in [0.15, 0.2) is 41.1 Å². The van der Waals surface area contributed by atoms with E-state index in [4.69, 9.17) is 0 Å². The van der Waals surface area contributed by atoms with Crippen LogP contribution in [0.4, 0.5) is 4.39 Å². The molecule has 0 aliphatic rings. The molecule has 1 aromatic carbocycles. The van der Waals surface area contributed by atoms with Crippen LogP contribution in [-0.4, -0.2) is 11.5 Å². The molecule has 0 bridgehead atoms. The molecule has 4 heteroatoms. The fourth-order valence-corrected chi connectivity index (χ4v) is 2.68. The van der Waals surface area contributed by atoms with Crippen LogP contribution >= 0.6 is 15.9 Å². The third-order valence-electron chi connectivity index (χ3n) is 3.25. The number of nitrogens with one attached hydrogen (secondary N) is 1. The van der Waals surface area contributed by atoms with E-state index in [0.717, 1.165) is 28.6 Å². The van der Waals surface area contributed by atoms with Gasteiger partial charge in [-0.25, -0.2) is 4.39 Å². The molecule has 0 saturated carbocycles. The van der Waals surface area contributed by atoms with Crippen LogP contribution in [0, 0.1) is 12.7 Å². The molecule has 0 aliphatic carbocycles. The molecule has 2 aromatic rings. The summed E-state index contributed by atoms with van der Waals surface area (Å²) in [7, 11) is 0. The maximum absolute atomic E-state index is 14.1. The Labute approximate surface area is 127 Å². The third kappa shape index (κ3) is 3.25. The van der Waals surface area contributed by atoms with Crippen molar-refractivity contribution in [1.82, 2.24) is 10.3 Å². The predicted octanol–water partition coefficient (Wildman–Crippen LogP) is 4.38. The predicted molar refractivity (Wildman–Crippen MR) is 83.2 cm³/mol. The van der Waals surface area contributed by atoms with Gasteiger partial charge in [-0.2, -0.15) is 0 Å². The van der Waals surface area contributed by atoms with E-state index in [2.05, 4.69) is 33.2 Å². The molecule has 0 radical (unpaired) electrons. The maximum atomic E-state index is 14.1. The average Bonchev–Trinajstić information content (AvgIpc) is 2.45. The van der Waals surface area contributed by atoms with Gasteiger partial charge >= 0.3 is 0 Å². The van der Waals surface area contributed by atoms with E-state index in [0.29, 0.717) is 5.56 Å². The minimum Gasteiger partial charge on any atom is -0.306 e. The number of nitrogens with zero attached hydrogens (tertiary/aromatic N) is 1. The topological polar surface area (TPSA) is 24.9 Å². The van der Waals surface area contributed by atoms with Crippen molar-refractivity contribution in [2.75, 3.05) is 6.54 Å². The second kappa shape index (κ2) is 6.95. The van der Waals surface area contributed by atoms with Crippen molar-refractivity contribution in [1.29, 1.82) is 0 Å². The third-order valence-corrected chi connectivity index (χ3v) is 4.33. The second-order valence-electron chi connectivity index (χ2n) is 4.76. The van der Waals surface area contributed by atoms with Crippen LogP contribution in [-0.2, 0) is 0 Å². The van der Waals surface area contributed by atoms with Gasteiger partial charge in [0.1, 0.15) is 5.82 Å². The van der Waals surface area contributed by atoms with Gasteiger partial charge in [0, 0.05) is 16.2 Å². The summed E-state index contributed by atoms with van der Waals surface area (Å²) in [5.41, 5.74) is 2.81. The van der Waals surface area contributed by atoms with Gasteiger partial charge < -0.3 is 5.32 Å². The summed E-state index contributed by atoms with van der Waals surface area (Å²) in [5.74, 6) is -0.283. The van der Waals surface area contributed by atoms with Gasteiger partial charge in [0.05, 0.1) is 12.2 Å².